The number of hydrogen-bond acceptors (Lipinski definition) is 4. The van der Waals surface area contributed by atoms with Crippen molar-refractivity contribution in [2.75, 3.05) is 31.6 Å². The van der Waals surface area contributed by atoms with Crippen LogP contribution in [-0.4, -0.2) is 59.7 Å². The number of likely N-dealkylation sites (tertiary alicyclic amines) is 1. The van der Waals surface area contributed by atoms with Gasteiger partial charge in [0.05, 0.1) is 0 Å². The summed E-state index contributed by atoms with van der Waals surface area (Å²) in [6.07, 6.45) is 6.61. The van der Waals surface area contributed by atoms with Gasteiger partial charge in [-0.3, -0.25) is 4.79 Å². The molecule has 19 heavy (non-hydrogen) atoms. The van der Waals surface area contributed by atoms with Gasteiger partial charge in [-0.05, 0) is 69.7 Å². The van der Waals surface area contributed by atoms with Gasteiger partial charge in [0.1, 0.15) is 6.10 Å². The predicted molar refractivity (Wildman–Crippen MR) is 79.3 cm³/mol. The number of hydrogen-bond donors (Lipinski definition) is 2. The van der Waals surface area contributed by atoms with Crippen molar-refractivity contribution in [3.8, 4) is 0 Å². The molecule has 2 N–H and O–H groups in total. The second-order valence-corrected chi connectivity index (χ2v) is 6.74. The fourth-order valence-electron chi connectivity index (χ4n) is 2.65. The lowest BCUT2D eigenvalue weighted by Gasteiger charge is -2.33. The zero-order chi connectivity index (χ0) is 13.7. The number of carbonyl (C=O) groups excluding carboxylic acids is 1. The molecule has 1 atom stereocenters. The highest BCUT2D eigenvalue weighted by atomic mass is 32.2. The van der Waals surface area contributed by atoms with Gasteiger partial charge in [0, 0.05) is 6.04 Å². The molecule has 0 radical (unpaired) electrons. The Balaban J connectivity index is 1.65. The molecule has 1 aliphatic heterocycles. The van der Waals surface area contributed by atoms with E-state index >= 15 is 0 Å². The van der Waals surface area contributed by atoms with E-state index in [4.69, 9.17) is 0 Å². The number of aliphatic hydroxyl groups excluding tert-OH is 1. The molecule has 0 spiro atoms. The quantitative estimate of drug-likeness (QED) is 0.688. The maximum Gasteiger partial charge on any atom is 0.249 e. The van der Waals surface area contributed by atoms with Crippen LogP contribution in [0.3, 0.4) is 0 Å². The first-order valence-electron chi connectivity index (χ1n) is 7.40. The van der Waals surface area contributed by atoms with Crippen LogP contribution < -0.4 is 5.32 Å². The first-order valence-corrected chi connectivity index (χ1v) is 8.80. The van der Waals surface area contributed by atoms with E-state index in [0.29, 0.717) is 6.04 Å². The Bertz CT molecular complexity index is 289. The van der Waals surface area contributed by atoms with Crippen molar-refractivity contribution < 1.29 is 9.90 Å². The van der Waals surface area contributed by atoms with Gasteiger partial charge >= 0.3 is 0 Å². The summed E-state index contributed by atoms with van der Waals surface area (Å²) in [5.41, 5.74) is 0. The zero-order valence-electron chi connectivity index (χ0n) is 11.8. The van der Waals surface area contributed by atoms with Crippen LogP contribution in [0.5, 0.6) is 0 Å². The summed E-state index contributed by atoms with van der Waals surface area (Å²) in [6.45, 7) is 3.19. The van der Waals surface area contributed by atoms with Crippen LogP contribution in [0.25, 0.3) is 0 Å². The highest BCUT2D eigenvalue weighted by molar-refractivity contribution is 7.98. The number of thioether (sulfide) groups is 1. The first-order chi connectivity index (χ1) is 9.20. The number of carbonyl (C=O) groups is 1. The van der Waals surface area contributed by atoms with Crippen molar-refractivity contribution in [2.24, 2.45) is 5.92 Å². The standard InChI is InChI=1S/C14H26N2O2S/c1-19-10-2-7-16-8-5-11(6-9-16)13(17)14(18)15-12-3-4-12/h11-13,17H,2-10H2,1H3,(H,15,18)/t13-/m0/s1. The van der Waals surface area contributed by atoms with Crippen LogP contribution in [0, 0.1) is 5.92 Å². The van der Waals surface area contributed by atoms with Crippen LogP contribution >= 0.6 is 11.8 Å². The number of nitrogens with one attached hydrogen (secondary N) is 1. The summed E-state index contributed by atoms with van der Waals surface area (Å²) in [5.74, 6) is 1.21. The molecule has 4 nitrogen and oxygen atoms in total. The number of nitrogens with zero attached hydrogens (tertiary/aromatic N) is 1. The van der Waals surface area contributed by atoms with Crippen LogP contribution in [0.4, 0.5) is 0 Å². The molecule has 2 rings (SSSR count). The molecule has 5 heteroatoms. The number of amides is 1. The van der Waals surface area contributed by atoms with Gasteiger partial charge in [-0.1, -0.05) is 0 Å². The fraction of sp³-hybridized carbons (Fsp3) is 0.929. The molecule has 1 saturated heterocycles. The molecular formula is C14H26N2O2S. The molecule has 1 aliphatic carbocycles. The van der Waals surface area contributed by atoms with E-state index in [-0.39, 0.29) is 11.8 Å². The molecule has 0 aromatic carbocycles. The predicted octanol–water partition coefficient (Wildman–Crippen LogP) is 1.09. The minimum Gasteiger partial charge on any atom is -0.383 e. The van der Waals surface area contributed by atoms with E-state index in [1.54, 1.807) is 0 Å². The average Bonchev–Trinajstić information content (AvgIpc) is 3.23. The van der Waals surface area contributed by atoms with Gasteiger partial charge in [-0.2, -0.15) is 11.8 Å². The molecule has 0 aromatic rings. The third kappa shape index (κ3) is 4.97. The summed E-state index contributed by atoms with van der Waals surface area (Å²) >= 11 is 1.89. The van der Waals surface area contributed by atoms with Crippen molar-refractivity contribution in [1.29, 1.82) is 0 Å². The molecule has 1 saturated carbocycles. The molecule has 1 heterocycles. The summed E-state index contributed by atoms with van der Waals surface area (Å²) < 4.78 is 0. The Labute approximate surface area is 120 Å². The maximum atomic E-state index is 11.8. The smallest absolute Gasteiger partial charge is 0.249 e. The first kappa shape index (κ1) is 15.1. The normalized spacial score (nSPS) is 23.3. The van der Waals surface area contributed by atoms with Gasteiger partial charge in [-0.25, -0.2) is 0 Å². The lowest BCUT2D eigenvalue weighted by atomic mass is 9.90. The van der Waals surface area contributed by atoms with Crippen molar-refractivity contribution in [3.63, 3.8) is 0 Å². The van der Waals surface area contributed by atoms with E-state index in [9.17, 15) is 9.90 Å². The van der Waals surface area contributed by atoms with Crippen molar-refractivity contribution in [2.45, 2.75) is 44.2 Å². The fourth-order valence-corrected chi connectivity index (χ4v) is 3.07. The summed E-state index contributed by atoms with van der Waals surface area (Å²) in [5, 5.41) is 13.0. The van der Waals surface area contributed by atoms with E-state index < -0.39 is 6.10 Å². The average molecular weight is 286 g/mol. The molecule has 1 amide bonds. The molecule has 0 unspecified atom stereocenters. The highest BCUT2D eigenvalue weighted by Crippen LogP contribution is 2.23. The van der Waals surface area contributed by atoms with E-state index in [2.05, 4.69) is 16.5 Å². The summed E-state index contributed by atoms with van der Waals surface area (Å²) in [4.78, 5) is 14.3. The lowest BCUT2D eigenvalue weighted by Crippen LogP contribution is -2.45. The third-order valence-corrected chi connectivity index (χ3v) is 4.79. The van der Waals surface area contributed by atoms with E-state index in [1.165, 1.54) is 12.2 Å². The monoisotopic (exact) mass is 286 g/mol. The van der Waals surface area contributed by atoms with Crippen LogP contribution in [0.1, 0.15) is 32.1 Å². The van der Waals surface area contributed by atoms with Crippen molar-refractivity contribution in [1.82, 2.24) is 10.2 Å². The van der Waals surface area contributed by atoms with Gasteiger partial charge in [0.2, 0.25) is 5.91 Å². The number of rotatable bonds is 7. The van der Waals surface area contributed by atoms with E-state index in [1.807, 2.05) is 11.8 Å². The summed E-state index contributed by atoms with van der Waals surface area (Å²) in [7, 11) is 0. The number of aliphatic hydroxyl groups is 1. The largest absolute Gasteiger partial charge is 0.383 e. The molecule has 0 aromatic heterocycles. The van der Waals surface area contributed by atoms with Gasteiger partial charge in [0.15, 0.2) is 0 Å². The molecule has 0 bridgehead atoms. The zero-order valence-corrected chi connectivity index (χ0v) is 12.6. The SMILES string of the molecule is CSCCCN1CCC([C@H](O)C(=O)NC2CC2)CC1. The van der Waals surface area contributed by atoms with Crippen LogP contribution in [0.15, 0.2) is 0 Å². The topological polar surface area (TPSA) is 52.6 Å². The Morgan fingerprint density at radius 2 is 2.05 bits per heavy atom. The molecule has 110 valence electrons. The van der Waals surface area contributed by atoms with Gasteiger partial charge < -0.3 is 15.3 Å². The summed E-state index contributed by atoms with van der Waals surface area (Å²) in [6, 6.07) is 0.341. The Kier molecular flexibility index (Phi) is 5.98. The van der Waals surface area contributed by atoms with Crippen LogP contribution in [0.2, 0.25) is 0 Å². The highest BCUT2D eigenvalue weighted by Gasteiger charge is 2.32. The lowest BCUT2D eigenvalue weighted by molar-refractivity contribution is -0.133. The van der Waals surface area contributed by atoms with E-state index in [0.717, 1.165) is 45.3 Å². The third-order valence-electron chi connectivity index (χ3n) is 4.09. The molecular weight excluding hydrogens is 260 g/mol. The molecule has 2 fully saturated rings. The van der Waals surface area contributed by atoms with Gasteiger partial charge in [-0.15, -0.1) is 0 Å². The maximum absolute atomic E-state index is 11.8. The second kappa shape index (κ2) is 7.50. The minimum absolute atomic E-state index is 0.149. The number of piperidine rings is 1. The Hall–Kier alpha value is -0.260. The Morgan fingerprint density at radius 1 is 1.37 bits per heavy atom. The van der Waals surface area contributed by atoms with Crippen molar-refractivity contribution >= 4 is 17.7 Å². The van der Waals surface area contributed by atoms with Crippen molar-refractivity contribution in [3.05, 3.63) is 0 Å². The molecule has 2 aliphatic rings. The van der Waals surface area contributed by atoms with Crippen LogP contribution in [-0.2, 0) is 4.79 Å². The second-order valence-electron chi connectivity index (χ2n) is 5.75. The van der Waals surface area contributed by atoms with Gasteiger partial charge in [0.25, 0.3) is 0 Å². The minimum atomic E-state index is -0.797. The Morgan fingerprint density at radius 3 is 2.63 bits per heavy atom.